The molecule has 0 amide bonds. The standard InChI is InChI=1S/C75H146O17P2/c1-8-11-12-39-49-56-72(77)85-62-70(91-74(79)59-52-45-38-32-26-25-29-35-42-48-55-68(7)10-3)64-89-93(81,82)87-60-69(76)61-88-94(83,84)90-65-71(63-86-73(78)57-50-43-36-30-23-19-15-13-17-21-27-33-40-46-53-66(4)5)92-75(80)58-51-44-37-31-24-20-16-14-18-22-28-34-41-47-54-67(6)9-2/h66-71,76H,8-65H2,1-7H3,(H,81,82)(H,83,84)/t67?,68?,69-,70+,71+/m0/s1. The number of phosphoric acid groups is 2. The largest absolute Gasteiger partial charge is 0.472 e. The Kier molecular flexibility index (Phi) is 64.3. The first kappa shape index (κ1) is 92.1. The van der Waals surface area contributed by atoms with Gasteiger partial charge in [-0.05, 0) is 43.4 Å². The number of aliphatic hydroxyl groups is 1. The maximum Gasteiger partial charge on any atom is 0.472 e. The van der Waals surface area contributed by atoms with Crippen LogP contribution < -0.4 is 0 Å². The minimum absolute atomic E-state index is 0.105. The summed E-state index contributed by atoms with van der Waals surface area (Å²) in [5.41, 5.74) is 0. The normalized spacial score (nSPS) is 14.7. The number of hydrogen-bond acceptors (Lipinski definition) is 15. The Morgan fingerprint density at radius 1 is 0.309 bits per heavy atom. The summed E-state index contributed by atoms with van der Waals surface area (Å²) in [6.45, 7) is 11.9. The van der Waals surface area contributed by atoms with E-state index in [0.717, 1.165) is 114 Å². The molecule has 0 saturated heterocycles. The van der Waals surface area contributed by atoms with Crippen LogP contribution in [0.5, 0.6) is 0 Å². The molecule has 0 aliphatic heterocycles. The van der Waals surface area contributed by atoms with Crippen molar-refractivity contribution in [2.45, 2.75) is 401 Å². The molecule has 4 unspecified atom stereocenters. The molecule has 19 heteroatoms. The Bertz CT molecular complexity index is 1840. The number of phosphoric ester groups is 2. The predicted octanol–water partition coefficient (Wildman–Crippen LogP) is 21.8. The van der Waals surface area contributed by atoms with Gasteiger partial charge >= 0.3 is 39.5 Å². The molecule has 94 heavy (non-hydrogen) atoms. The minimum atomic E-state index is -4.96. The fraction of sp³-hybridized carbons (Fsp3) is 0.947. The van der Waals surface area contributed by atoms with Crippen LogP contribution in [0.15, 0.2) is 0 Å². The zero-order valence-corrected chi connectivity index (χ0v) is 63.2. The summed E-state index contributed by atoms with van der Waals surface area (Å²) in [4.78, 5) is 72.5. The summed E-state index contributed by atoms with van der Waals surface area (Å²) in [6, 6.07) is 0. The number of unbranched alkanes of at least 4 members (excludes halogenated alkanes) is 39. The third kappa shape index (κ3) is 66.0. The first-order valence-corrected chi connectivity index (χ1v) is 41.9. The number of rotatable bonds is 73. The van der Waals surface area contributed by atoms with Gasteiger partial charge in [-0.2, -0.15) is 0 Å². The van der Waals surface area contributed by atoms with Gasteiger partial charge in [-0.15, -0.1) is 0 Å². The maximum absolute atomic E-state index is 13.1. The van der Waals surface area contributed by atoms with Gasteiger partial charge in [-0.3, -0.25) is 37.3 Å². The molecule has 0 aromatic rings. The average molecular weight is 1380 g/mol. The number of hydrogen-bond donors (Lipinski definition) is 3. The Balaban J connectivity index is 5.16. The van der Waals surface area contributed by atoms with E-state index >= 15 is 0 Å². The fourth-order valence-corrected chi connectivity index (χ4v) is 12.9. The van der Waals surface area contributed by atoms with Crippen molar-refractivity contribution >= 4 is 39.5 Å². The number of aliphatic hydroxyl groups excluding tert-OH is 1. The monoisotopic (exact) mass is 1380 g/mol. The molecule has 558 valence electrons. The number of esters is 4. The summed E-state index contributed by atoms with van der Waals surface area (Å²) in [5, 5.41) is 10.6. The van der Waals surface area contributed by atoms with Crippen LogP contribution in [0.25, 0.3) is 0 Å². The Labute approximate surface area is 575 Å². The summed E-state index contributed by atoms with van der Waals surface area (Å²) < 4.78 is 68.3. The topological polar surface area (TPSA) is 237 Å². The Hall–Kier alpha value is -1.94. The Morgan fingerprint density at radius 3 is 0.809 bits per heavy atom. The van der Waals surface area contributed by atoms with E-state index in [1.54, 1.807) is 0 Å². The summed E-state index contributed by atoms with van der Waals surface area (Å²) in [7, 11) is -9.90. The van der Waals surface area contributed by atoms with Crippen molar-refractivity contribution in [3.05, 3.63) is 0 Å². The smallest absolute Gasteiger partial charge is 0.462 e. The molecule has 0 bridgehead atoms. The maximum atomic E-state index is 13.1. The molecule has 0 heterocycles. The van der Waals surface area contributed by atoms with Crippen molar-refractivity contribution in [2.24, 2.45) is 17.8 Å². The minimum Gasteiger partial charge on any atom is -0.462 e. The molecule has 0 aromatic heterocycles. The highest BCUT2D eigenvalue weighted by Crippen LogP contribution is 2.45. The summed E-state index contributed by atoms with van der Waals surface area (Å²) in [5.74, 6) is 0.319. The lowest BCUT2D eigenvalue weighted by Crippen LogP contribution is -2.30. The molecular weight excluding hydrogens is 1230 g/mol. The second-order valence-electron chi connectivity index (χ2n) is 28.0. The second kappa shape index (κ2) is 65.7. The molecule has 0 aliphatic carbocycles. The second-order valence-corrected chi connectivity index (χ2v) is 30.9. The van der Waals surface area contributed by atoms with E-state index in [2.05, 4.69) is 48.5 Å². The zero-order chi connectivity index (χ0) is 69.4. The van der Waals surface area contributed by atoms with E-state index in [9.17, 15) is 43.2 Å². The lowest BCUT2D eigenvalue weighted by atomic mass is 9.99. The van der Waals surface area contributed by atoms with Crippen molar-refractivity contribution in [1.82, 2.24) is 0 Å². The summed E-state index contributed by atoms with van der Waals surface area (Å²) >= 11 is 0. The lowest BCUT2D eigenvalue weighted by Gasteiger charge is -2.21. The molecule has 0 spiro atoms. The zero-order valence-electron chi connectivity index (χ0n) is 61.4. The molecule has 0 radical (unpaired) electrons. The van der Waals surface area contributed by atoms with E-state index in [1.807, 2.05) is 0 Å². The molecule has 7 atom stereocenters. The van der Waals surface area contributed by atoms with Crippen molar-refractivity contribution in [2.75, 3.05) is 39.6 Å². The van der Waals surface area contributed by atoms with Gasteiger partial charge in [0.1, 0.15) is 19.3 Å². The van der Waals surface area contributed by atoms with Crippen LogP contribution in [-0.2, 0) is 65.4 Å². The van der Waals surface area contributed by atoms with Gasteiger partial charge in [0.25, 0.3) is 0 Å². The quantitative estimate of drug-likeness (QED) is 0.0222. The van der Waals surface area contributed by atoms with Gasteiger partial charge in [0, 0.05) is 25.7 Å². The van der Waals surface area contributed by atoms with E-state index < -0.39 is 97.5 Å². The average Bonchev–Trinajstić information content (AvgIpc) is 1.89. The summed E-state index contributed by atoms with van der Waals surface area (Å²) in [6.07, 6.45) is 51.6. The number of carbonyl (C=O) groups excluding carboxylic acids is 4. The van der Waals surface area contributed by atoms with Gasteiger partial charge in [-0.25, -0.2) is 9.13 Å². The molecular formula is C75H146O17P2. The molecule has 17 nitrogen and oxygen atoms in total. The van der Waals surface area contributed by atoms with E-state index in [4.69, 9.17) is 37.0 Å². The van der Waals surface area contributed by atoms with Crippen LogP contribution in [0.1, 0.15) is 382 Å². The molecule has 3 N–H and O–H groups in total. The van der Waals surface area contributed by atoms with Crippen LogP contribution in [0, 0.1) is 17.8 Å². The molecule has 0 rings (SSSR count). The van der Waals surface area contributed by atoms with Gasteiger partial charge in [-0.1, -0.05) is 331 Å². The SMILES string of the molecule is CCCCCCCC(=O)OC[C@H](COP(=O)(O)OC[C@H](O)COP(=O)(O)OC[C@@H](COC(=O)CCCCCCCCCCCCCCCCC(C)C)OC(=O)CCCCCCCCCCCCCCCCC(C)CC)OC(=O)CCCCCCCCCCCCC(C)CC. The van der Waals surface area contributed by atoms with Crippen LogP contribution in [-0.4, -0.2) is 96.7 Å². The number of carbonyl (C=O) groups is 4. The predicted molar refractivity (Wildman–Crippen MR) is 381 cm³/mol. The highest BCUT2D eigenvalue weighted by atomic mass is 31.2. The van der Waals surface area contributed by atoms with Crippen LogP contribution in [0.3, 0.4) is 0 Å². The Morgan fingerprint density at radius 2 is 0.543 bits per heavy atom. The van der Waals surface area contributed by atoms with Gasteiger partial charge in [0.15, 0.2) is 12.2 Å². The van der Waals surface area contributed by atoms with Crippen molar-refractivity contribution in [3.63, 3.8) is 0 Å². The first-order valence-electron chi connectivity index (χ1n) is 38.9. The first-order chi connectivity index (χ1) is 45.3. The van der Waals surface area contributed by atoms with Gasteiger partial charge in [0.05, 0.1) is 26.4 Å². The van der Waals surface area contributed by atoms with Gasteiger partial charge in [0.2, 0.25) is 0 Å². The highest BCUT2D eigenvalue weighted by Gasteiger charge is 2.30. The molecule has 0 aromatic carbocycles. The van der Waals surface area contributed by atoms with Crippen LogP contribution in [0.4, 0.5) is 0 Å². The molecule has 0 aliphatic rings. The van der Waals surface area contributed by atoms with E-state index in [-0.39, 0.29) is 25.7 Å². The third-order valence-electron chi connectivity index (χ3n) is 18.1. The molecule has 0 fully saturated rings. The van der Waals surface area contributed by atoms with E-state index in [0.29, 0.717) is 25.7 Å². The lowest BCUT2D eigenvalue weighted by molar-refractivity contribution is -0.161. The van der Waals surface area contributed by atoms with E-state index in [1.165, 1.54) is 186 Å². The van der Waals surface area contributed by atoms with Crippen molar-refractivity contribution in [3.8, 4) is 0 Å². The third-order valence-corrected chi connectivity index (χ3v) is 20.0. The number of ether oxygens (including phenoxy) is 4. The van der Waals surface area contributed by atoms with Crippen LogP contribution in [0.2, 0.25) is 0 Å². The highest BCUT2D eigenvalue weighted by molar-refractivity contribution is 7.47. The van der Waals surface area contributed by atoms with Crippen LogP contribution >= 0.6 is 15.6 Å². The van der Waals surface area contributed by atoms with Gasteiger partial charge < -0.3 is 33.8 Å². The van der Waals surface area contributed by atoms with Crippen molar-refractivity contribution in [1.29, 1.82) is 0 Å². The van der Waals surface area contributed by atoms with Crippen molar-refractivity contribution < 1.29 is 80.2 Å². The molecule has 0 saturated carbocycles. The fourth-order valence-electron chi connectivity index (χ4n) is 11.4.